The number of aryl methyl sites for hydroxylation is 2. The first-order valence-corrected chi connectivity index (χ1v) is 12.3. The van der Waals surface area contributed by atoms with Gasteiger partial charge in [0.2, 0.25) is 5.13 Å². The number of aliphatic carboxylic acids is 1. The van der Waals surface area contributed by atoms with Gasteiger partial charge in [0.05, 0.1) is 29.3 Å². The van der Waals surface area contributed by atoms with Gasteiger partial charge in [0.1, 0.15) is 5.75 Å². The highest BCUT2D eigenvalue weighted by molar-refractivity contribution is 7.85. The van der Waals surface area contributed by atoms with E-state index in [9.17, 15) is 17.8 Å². The highest BCUT2D eigenvalue weighted by Crippen LogP contribution is 2.31. The summed E-state index contributed by atoms with van der Waals surface area (Å²) in [6.07, 6.45) is -0.118. The monoisotopic (exact) mass is 503 g/mol. The minimum absolute atomic E-state index is 0.0364. The first-order valence-electron chi connectivity index (χ1n) is 10.0. The molecule has 1 aliphatic rings. The van der Waals surface area contributed by atoms with Gasteiger partial charge >= 0.3 is 5.97 Å². The van der Waals surface area contributed by atoms with E-state index in [-0.39, 0.29) is 17.9 Å². The Hall–Kier alpha value is -3.68. The summed E-state index contributed by atoms with van der Waals surface area (Å²) in [7, 11) is -4.33. The molecular weight excluding hydrogens is 482 g/mol. The highest BCUT2D eigenvalue weighted by atomic mass is 32.2. The summed E-state index contributed by atoms with van der Waals surface area (Å²) < 4.78 is 37.6. The van der Waals surface area contributed by atoms with Crippen LogP contribution in [-0.2, 0) is 14.9 Å². The number of carboxylic acid groups (broad SMARTS) is 1. The van der Waals surface area contributed by atoms with E-state index in [1.165, 1.54) is 40.7 Å². The number of aromatic nitrogens is 1. The summed E-state index contributed by atoms with van der Waals surface area (Å²) in [6, 6.07) is 12.6. The molecule has 0 amide bonds. The third kappa shape index (κ3) is 5.11. The molecule has 0 saturated heterocycles. The molecule has 4 rings (SSSR count). The van der Waals surface area contributed by atoms with Gasteiger partial charge in [0, 0.05) is 10.4 Å². The zero-order valence-electron chi connectivity index (χ0n) is 18.2. The van der Waals surface area contributed by atoms with Gasteiger partial charge < -0.3 is 9.84 Å². The number of hydrazine groups is 2. The van der Waals surface area contributed by atoms with Crippen LogP contribution in [0.15, 0.2) is 58.5 Å². The van der Waals surface area contributed by atoms with Gasteiger partial charge in [-0.15, -0.1) is 15.3 Å². The number of ether oxygens (including phenoxy) is 1. The minimum Gasteiger partial charge on any atom is -0.493 e. The molecule has 0 unspecified atom stereocenters. The van der Waals surface area contributed by atoms with Crippen LogP contribution in [0.4, 0.5) is 10.8 Å². The van der Waals surface area contributed by atoms with Crippen molar-refractivity contribution in [3.63, 3.8) is 0 Å². The number of hydrogen-bond acceptors (Lipinski definition) is 10. The number of anilines is 2. The van der Waals surface area contributed by atoms with Crippen molar-refractivity contribution in [2.45, 2.75) is 25.2 Å². The third-order valence-corrected chi connectivity index (χ3v) is 6.77. The van der Waals surface area contributed by atoms with Crippen molar-refractivity contribution in [3.05, 3.63) is 64.7 Å². The van der Waals surface area contributed by atoms with E-state index in [2.05, 4.69) is 15.5 Å². The fourth-order valence-electron chi connectivity index (χ4n) is 3.02. The number of hydrogen-bond donors (Lipinski definition) is 3. The van der Waals surface area contributed by atoms with Crippen LogP contribution in [0.1, 0.15) is 22.6 Å². The molecule has 3 aromatic rings. The molecule has 0 aliphatic carbocycles. The summed E-state index contributed by atoms with van der Waals surface area (Å²) in [5.41, 5.74) is 5.27. The summed E-state index contributed by atoms with van der Waals surface area (Å²) in [6.45, 7) is 3.89. The molecule has 0 saturated carbocycles. The minimum atomic E-state index is -4.33. The van der Waals surface area contributed by atoms with Gasteiger partial charge in [0.25, 0.3) is 10.1 Å². The maximum absolute atomic E-state index is 11.4. The molecule has 0 atom stereocenters. The molecule has 3 N–H and O–H groups in total. The molecule has 178 valence electrons. The van der Waals surface area contributed by atoms with Crippen LogP contribution in [-0.4, -0.2) is 41.5 Å². The van der Waals surface area contributed by atoms with E-state index < -0.39 is 16.1 Å². The van der Waals surface area contributed by atoms with Gasteiger partial charge in [-0.1, -0.05) is 23.5 Å². The van der Waals surface area contributed by atoms with Gasteiger partial charge in [-0.05, 0) is 50.2 Å². The van der Waals surface area contributed by atoms with Crippen LogP contribution in [0.2, 0.25) is 0 Å². The van der Waals surface area contributed by atoms with Crippen LogP contribution in [0.3, 0.4) is 0 Å². The molecule has 1 aromatic heterocycles. The van der Waals surface area contributed by atoms with Crippen molar-refractivity contribution in [2.75, 3.05) is 16.8 Å². The Kier molecular flexibility index (Phi) is 6.41. The van der Waals surface area contributed by atoms with Gasteiger partial charge in [0.15, 0.2) is 5.84 Å². The summed E-state index contributed by atoms with van der Waals surface area (Å²) in [5, 5.41) is 17.2. The highest BCUT2D eigenvalue weighted by Gasteiger charge is 2.29. The smallest absolute Gasteiger partial charge is 0.306 e. The average molecular weight is 504 g/mol. The number of carbonyl (C=O) groups is 1. The number of hydrazone groups is 1. The third-order valence-electron chi connectivity index (χ3n) is 4.85. The van der Waals surface area contributed by atoms with Crippen molar-refractivity contribution >= 4 is 44.1 Å². The molecule has 0 bridgehead atoms. The van der Waals surface area contributed by atoms with E-state index in [1.54, 1.807) is 23.3 Å². The topological polar surface area (TPSA) is 145 Å². The predicted octanol–water partition coefficient (Wildman–Crippen LogP) is 2.97. The number of nitrogens with zero attached hydrogens (tertiary/aromatic N) is 4. The Morgan fingerprint density at radius 1 is 1.18 bits per heavy atom. The first kappa shape index (κ1) is 23.5. The van der Waals surface area contributed by atoms with E-state index in [1.807, 2.05) is 19.9 Å². The van der Waals surface area contributed by atoms with Crippen molar-refractivity contribution in [3.8, 4) is 5.75 Å². The van der Waals surface area contributed by atoms with Gasteiger partial charge in [-0.2, -0.15) is 8.42 Å². The lowest BCUT2D eigenvalue weighted by Gasteiger charge is -2.25. The molecule has 11 nitrogen and oxygen atoms in total. The second-order valence-corrected chi connectivity index (χ2v) is 9.89. The Balaban J connectivity index is 1.67. The van der Waals surface area contributed by atoms with E-state index in [0.29, 0.717) is 28.0 Å². The van der Waals surface area contributed by atoms with Crippen molar-refractivity contribution < 1.29 is 27.6 Å². The number of carboxylic acids is 1. The first-order chi connectivity index (χ1) is 16.1. The van der Waals surface area contributed by atoms with Crippen molar-refractivity contribution in [1.82, 2.24) is 10.4 Å². The van der Waals surface area contributed by atoms with Crippen LogP contribution in [0.25, 0.3) is 0 Å². The number of rotatable bonds is 8. The van der Waals surface area contributed by atoms with Crippen LogP contribution >= 0.6 is 11.3 Å². The van der Waals surface area contributed by atoms with Crippen LogP contribution in [0.5, 0.6) is 5.75 Å². The zero-order valence-corrected chi connectivity index (χ0v) is 19.8. The lowest BCUT2D eigenvalue weighted by atomic mass is 10.2. The Bertz CT molecular complexity index is 1330. The summed E-state index contributed by atoms with van der Waals surface area (Å²) in [5.74, 6) is 0.0121. The van der Waals surface area contributed by atoms with Crippen molar-refractivity contribution in [2.24, 2.45) is 5.10 Å². The summed E-state index contributed by atoms with van der Waals surface area (Å²) >= 11 is 1.45. The Labute approximate surface area is 199 Å². The quantitative estimate of drug-likeness (QED) is 0.392. The van der Waals surface area contributed by atoms with Gasteiger partial charge in [-0.25, -0.2) is 4.98 Å². The Morgan fingerprint density at radius 2 is 1.91 bits per heavy atom. The SMILES string of the molecule is Cc1nc(N2NC(c3cccc(OCCC(=O)O)c3)=NN2c2ccc(S(=O)(=O)O)cc2)sc1C. The predicted molar refractivity (Wildman–Crippen MR) is 127 cm³/mol. The maximum Gasteiger partial charge on any atom is 0.306 e. The molecule has 34 heavy (non-hydrogen) atoms. The normalized spacial score (nSPS) is 13.6. The van der Waals surface area contributed by atoms with Gasteiger partial charge in [-0.3, -0.25) is 14.8 Å². The van der Waals surface area contributed by atoms with E-state index >= 15 is 0 Å². The fraction of sp³-hybridized carbons (Fsp3) is 0.190. The van der Waals surface area contributed by atoms with Crippen LogP contribution in [0, 0.1) is 13.8 Å². The lowest BCUT2D eigenvalue weighted by Crippen LogP contribution is -2.44. The zero-order chi connectivity index (χ0) is 24.5. The molecule has 0 radical (unpaired) electrons. The second kappa shape index (κ2) is 9.29. The molecule has 2 aromatic carbocycles. The molecule has 0 spiro atoms. The molecule has 1 aliphatic heterocycles. The second-order valence-electron chi connectivity index (χ2n) is 7.29. The largest absolute Gasteiger partial charge is 0.493 e. The number of benzene rings is 2. The fourth-order valence-corrected chi connectivity index (χ4v) is 4.36. The summed E-state index contributed by atoms with van der Waals surface area (Å²) in [4.78, 5) is 16.1. The van der Waals surface area contributed by atoms with Crippen LogP contribution < -0.4 is 20.4 Å². The Morgan fingerprint density at radius 3 is 2.53 bits per heavy atom. The molecule has 2 heterocycles. The number of thiazole rings is 1. The number of amidine groups is 1. The maximum atomic E-state index is 11.4. The average Bonchev–Trinajstić information content (AvgIpc) is 3.37. The van der Waals surface area contributed by atoms with Crippen molar-refractivity contribution in [1.29, 1.82) is 0 Å². The van der Waals surface area contributed by atoms with E-state index in [0.717, 1.165) is 10.6 Å². The molecule has 13 heteroatoms. The van der Waals surface area contributed by atoms with E-state index in [4.69, 9.17) is 9.84 Å². The number of nitrogens with one attached hydrogen (secondary N) is 1. The molecule has 0 fully saturated rings. The molecular formula is C21H21N5O6S2. The lowest BCUT2D eigenvalue weighted by molar-refractivity contribution is -0.137. The standard InChI is InChI=1S/C21H21N5O6S2/c1-13-14(2)33-21(22-13)26-24-20(15-4-3-5-17(12-15)32-11-10-19(27)28)23-25(26)16-6-8-18(9-7-16)34(29,30)31/h3-9,12H,10-11H2,1-2H3,(H,23,24)(H,27,28)(H,29,30,31).